The Morgan fingerprint density at radius 1 is 1.17 bits per heavy atom. The van der Waals surface area contributed by atoms with E-state index in [-0.39, 0.29) is 4.90 Å². The van der Waals surface area contributed by atoms with Gasteiger partial charge in [-0.1, -0.05) is 41.7 Å². The molecule has 3 aromatic rings. The molecule has 1 atom stereocenters. The van der Waals surface area contributed by atoms with E-state index in [4.69, 9.17) is 0 Å². The van der Waals surface area contributed by atoms with E-state index in [9.17, 15) is 8.42 Å². The highest BCUT2D eigenvalue weighted by atomic mass is 32.2. The Morgan fingerprint density at radius 3 is 2.69 bits per heavy atom. The lowest BCUT2D eigenvalue weighted by Gasteiger charge is -2.18. The third kappa shape index (κ3) is 4.49. The maximum Gasteiger partial charge on any atom is 0.261 e. The third-order valence-electron chi connectivity index (χ3n) is 5.28. The van der Waals surface area contributed by atoms with E-state index in [1.165, 1.54) is 11.5 Å². The molecule has 1 N–H and O–H groups in total. The molecule has 0 spiro atoms. The smallest absolute Gasteiger partial charge is 0.261 e. The summed E-state index contributed by atoms with van der Waals surface area (Å²) in [4.78, 5) is 2.68. The van der Waals surface area contributed by atoms with Crippen molar-refractivity contribution >= 4 is 27.2 Å². The third-order valence-corrected chi connectivity index (χ3v) is 7.16. The zero-order chi connectivity index (χ0) is 20.3. The average molecular weight is 429 g/mol. The van der Waals surface area contributed by atoms with Crippen LogP contribution >= 0.6 is 11.5 Å². The van der Waals surface area contributed by atoms with Crippen LogP contribution in [0.4, 0.5) is 5.69 Å². The van der Waals surface area contributed by atoms with Gasteiger partial charge < -0.3 is 4.90 Å². The van der Waals surface area contributed by atoms with Gasteiger partial charge in [-0.3, -0.25) is 4.72 Å². The molecule has 0 amide bonds. The number of nitrogens with one attached hydrogen (secondary N) is 1. The van der Waals surface area contributed by atoms with Crippen molar-refractivity contribution in [3.8, 4) is 11.3 Å². The quantitative estimate of drug-likeness (QED) is 0.610. The van der Waals surface area contributed by atoms with Crippen LogP contribution in [0.2, 0.25) is 0 Å². The molecule has 0 unspecified atom stereocenters. The predicted molar refractivity (Wildman–Crippen MR) is 117 cm³/mol. The van der Waals surface area contributed by atoms with Crippen LogP contribution in [0.1, 0.15) is 31.2 Å². The van der Waals surface area contributed by atoms with Gasteiger partial charge in [0.15, 0.2) is 0 Å². The van der Waals surface area contributed by atoms with E-state index in [2.05, 4.69) is 26.1 Å². The van der Waals surface area contributed by atoms with Crippen molar-refractivity contribution in [1.29, 1.82) is 0 Å². The van der Waals surface area contributed by atoms with Gasteiger partial charge in [0.05, 0.1) is 10.6 Å². The molecular weight excluding hydrogens is 404 g/mol. The number of likely N-dealkylation sites (tertiary alicyclic amines) is 1. The van der Waals surface area contributed by atoms with Crippen LogP contribution in [0.15, 0.2) is 58.8 Å². The van der Waals surface area contributed by atoms with Crippen LogP contribution in [0.25, 0.3) is 11.3 Å². The highest BCUT2D eigenvalue weighted by Crippen LogP contribution is 2.33. The van der Waals surface area contributed by atoms with E-state index < -0.39 is 10.0 Å². The van der Waals surface area contributed by atoms with Gasteiger partial charge in [0, 0.05) is 17.5 Å². The van der Waals surface area contributed by atoms with Gasteiger partial charge >= 0.3 is 0 Å². The van der Waals surface area contributed by atoms with Crippen LogP contribution in [0.5, 0.6) is 0 Å². The number of anilines is 1. The summed E-state index contributed by atoms with van der Waals surface area (Å²) < 4.78 is 32.6. The molecule has 29 heavy (non-hydrogen) atoms. The van der Waals surface area contributed by atoms with Gasteiger partial charge in [0.25, 0.3) is 10.0 Å². The van der Waals surface area contributed by atoms with Gasteiger partial charge in [-0.2, -0.15) is 0 Å². The molecule has 0 aliphatic carbocycles. The van der Waals surface area contributed by atoms with Crippen molar-refractivity contribution in [3.63, 3.8) is 0 Å². The Morgan fingerprint density at radius 2 is 1.97 bits per heavy atom. The molecule has 4 rings (SSSR count). The molecule has 0 bridgehead atoms. The topological polar surface area (TPSA) is 75.2 Å². The standard InChI is InChI=1S/C21H24N4O2S2/c1-2-12-25-13-11-17(14-25)19-5-3-4-6-20(19)23-29(26,27)18-9-7-16(8-10-18)21-15-28-24-22-21/h3-10,15,17,23H,2,11-14H2,1H3/t17-/m1/s1. The van der Waals surface area contributed by atoms with Gasteiger partial charge in [-0.05, 0) is 67.1 Å². The predicted octanol–water partition coefficient (Wildman–Crippen LogP) is 4.21. The molecule has 0 radical (unpaired) electrons. The molecule has 1 aromatic heterocycles. The first kappa shape index (κ1) is 20.0. The number of rotatable bonds is 7. The summed E-state index contributed by atoms with van der Waals surface area (Å²) in [5.41, 5.74) is 3.33. The van der Waals surface area contributed by atoms with Gasteiger partial charge in [0.2, 0.25) is 0 Å². The molecule has 2 heterocycles. The van der Waals surface area contributed by atoms with Gasteiger partial charge in [0.1, 0.15) is 5.69 Å². The average Bonchev–Trinajstić information content (AvgIpc) is 3.41. The summed E-state index contributed by atoms with van der Waals surface area (Å²) in [6, 6.07) is 14.5. The molecule has 1 saturated heterocycles. The van der Waals surface area contributed by atoms with E-state index in [1.807, 2.05) is 29.6 Å². The van der Waals surface area contributed by atoms with E-state index in [0.29, 0.717) is 11.6 Å². The molecular formula is C21H24N4O2S2. The van der Waals surface area contributed by atoms with E-state index >= 15 is 0 Å². The first-order valence-electron chi connectivity index (χ1n) is 9.78. The Hall–Kier alpha value is -2.29. The summed E-state index contributed by atoms with van der Waals surface area (Å²) in [6.45, 7) is 5.31. The second-order valence-corrected chi connectivity index (χ2v) is 9.59. The number of aromatic nitrogens is 2. The van der Waals surface area contributed by atoms with E-state index in [0.717, 1.165) is 49.3 Å². The maximum absolute atomic E-state index is 13.0. The molecule has 1 aliphatic rings. The fraction of sp³-hybridized carbons (Fsp3) is 0.333. The SMILES string of the molecule is CCCN1CC[C@@H](c2ccccc2NS(=O)(=O)c2ccc(-c3csnn3)cc2)C1. The zero-order valence-corrected chi connectivity index (χ0v) is 17.9. The molecule has 152 valence electrons. The van der Waals surface area contributed by atoms with Crippen molar-refractivity contribution < 1.29 is 8.42 Å². The number of sulfonamides is 1. The second kappa shape index (κ2) is 8.61. The van der Waals surface area contributed by atoms with Crippen molar-refractivity contribution in [2.75, 3.05) is 24.4 Å². The Kier molecular flexibility index (Phi) is 5.94. The van der Waals surface area contributed by atoms with Gasteiger partial charge in [-0.15, -0.1) is 5.10 Å². The highest BCUT2D eigenvalue weighted by molar-refractivity contribution is 7.92. The Bertz CT molecular complexity index is 1050. The highest BCUT2D eigenvalue weighted by Gasteiger charge is 2.26. The number of hydrogen-bond acceptors (Lipinski definition) is 6. The molecule has 1 aliphatic heterocycles. The molecule has 6 nitrogen and oxygen atoms in total. The normalized spacial score (nSPS) is 17.5. The van der Waals surface area contributed by atoms with Crippen molar-refractivity contribution in [2.24, 2.45) is 0 Å². The number of para-hydroxylation sites is 1. The van der Waals surface area contributed by atoms with Crippen LogP contribution in [0.3, 0.4) is 0 Å². The van der Waals surface area contributed by atoms with E-state index in [1.54, 1.807) is 24.3 Å². The Balaban J connectivity index is 1.54. The molecule has 2 aromatic carbocycles. The Labute approximate surface area is 175 Å². The summed E-state index contributed by atoms with van der Waals surface area (Å²) in [5.74, 6) is 0.347. The van der Waals surface area contributed by atoms with Crippen LogP contribution in [0, 0.1) is 0 Å². The van der Waals surface area contributed by atoms with Gasteiger partial charge in [-0.25, -0.2) is 8.42 Å². The lowest BCUT2D eigenvalue weighted by Crippen LogP contribution is -2.21. The van der Waals surface area contributed by atoms with Crippen molar-refractivity contribution in [2.45, 2.75) is 30.6 Å². The monoisotopic (exact) mass is 428 g/mol. The lowest BCUT2D eigenvalue weighted by atomic mass is 9.97. The summed E-state index contributed by atoms with van der Waals surface area (Å²) in [5, 5.41) is 5.86. The minimum absolute atomic E-state index is 0.235. The molecule has 0 saturated carbocycles. The number of nitrogens with zero attached hydrogens (tertiary/aromatic N) is 3. The number of benzene rings is 2. The van der Waals surface area contributed by atoms with Crippen LogP contribution < -0.4 is 4.72 Å². The molecule has 1 fully saturated rings. The fourth-order valence-electron chi connectivity index (χ4n) is 3.85. The first-order chi connectivity index (χ1) is 14.1. The first-order valence-corrected chi connectivity index (χ1v) is 12.1. The minimum atomic E-state index is -3.67. The van der Waals surface area contributed by atoms with Crippen LogP contribution in [-0.2, 0) is 10.0 Å². The van der Waals surface area contributed by atoms with Crippen molar-refractivity contribution in [1.82, 2.24) is 14.5 Å². The summed E-state index contributed by atoms with van der Waals surface area (Å²) in [7, 11) is -3.67. The fourth-order valence-corrected chi connectivity index (χ4v) is 5.40. The second-order valence-electron chi connectivity index (χ2n) is 7.29. The number of hydrogen-bond donors (Lipinski definition) is 1. The molecule has 8 heteroatoms. The maximum atomic E-state index is 13.0. The zero-order valence-electron chi connectivity index (χ0n) is 16.3. The largest absolute Gasteiger partial charge is 0.303 e. The van der Waals surface area contributed by atoms with Crippen LogP contribution in [-0.4, -0.2) is 42.5 Å². The lowest BCUT2D eigenvalue weighted by molar-refractivity contribution is 0.335. The summed E-state index contributed by atoms with van der Waals surface area (Å²) in [6.07, 6.45) is 2.18. The van der Waals surface area contributed by atoms with Crippen molar-refractivity contribution in [3.05, 3.63) is 59.5 Å². The summed E-state index contributed by atoms with van der Waals surface area (Å²) >= 11 is 1.27. The minimum Gasteiger partial charge on any atom is -0.303 e.